The molecule has 0 spiro atoms. The normalized spacial score (nSPS) is 14.9. The first-order chi connectivity index (χ1) is 15.3. The molecule has 1 aliphatic heterocycles. The van der Waals surface area contributed by atoms with Gasteiger partial charge in [0.15, 0.2) is 0 Å². The van der Waals surface area contributed by atoms with Crippen molar-refractivity contribution in [1.29, 1.82) is 0 Å². The summed E-state index contributed by atoms with van der Waals surface area (Å²) < 4.78 is 25.2. The van der Waals surface area contributed by atoms with Crippen LogP contribution in [0.25, 0.3) is 11.0 Å². The monoisotopic (exact) mass is 442 g/mol. The zero-order chi connectivity index (χ0) is 22.8. The van der Waals surface area contributed by atoms with Crippen LogP contribution in [0, 0.1) is 6.92 Å². The number of anilines is 1. The van der Waals surface area contributed by atoms with Crippen LogP contribution in [0.2, 0.25) is 0 Å². The summed E-state index contributed by atoms with van der Waals surface area (Å²) in [6, 6.07) is 7.43. The fourth-order valence-corrected chi connectivity index (χ4v) is 3.97. The van der Waals surface area contributed by atoms with E-state index in [0.29, 0.717) is 17.6 Å². The Labute approximate surface area is 183 Å². The molecule has 32 heavy (non-hydrogen) atoms. The summed E-state index contributed by atoms with van der Waals surface area (Å²) in [5.41, 5.74) is 8.66. The Bertz CT molecular complexity index is 1200. The number of amides is 1. The van der Waals surface area contributed by atoms with Crippen molar-refractivity contribution in [1.82, 2.24) is 19.9 Å². The largest absolute Gasteiger partial charge is 0.368 e. The fraction of sp³-hybridized carbons (Fsp3) is 0.364. The van der Waals surface area contributed by atoms with Crippen LogP contribution in [0.1, 0.15) is 27.3 Å². The highest BCUT2D eigenvalue weighted by molar-refractivity contribution is 5.92. The summed E-state index contributed by atoms with van der Waals surface area (Å²) in [6.07, 6.45) is -1.59. The second-order valence-electron chi connectivity index (χ2n) is 7.95. The molecule has 1 aromatic carbocycles. The number of nitrogens with one attached hydrogen (secondary N) is 1. The predicted octanol–water partition coefficient (Wildman–Crippen LogP) is 1.86. The van der Waals surface area contributed by atoms with Gasteiger partial charge in [0, 0.05) is 32.7 Å². The number of fused-ring (bicyclic) bond motifs is 1. The molecule has 168 valence electrons. The summed E-state index contributed by atoms with van der Waals surface area (Å²) >= 11 is 0. The summed E-state index contributed by atoms with van der Waals surface area (Å²) in [6.45, 7) is 5.79. The van der Waals surface area contributed by atoms with Crippen molar-refractivity contribution >= 4 is 22.6 Å². The highest BCUT2D eigenvalue weighted by atomic mass is 19.3. The van der Waals surface area contributed by atoms with Gasteiger partial charge >= 0.3 is 0 Å². The minimum atomic E-state index is -2.61. The maximum atomic E-state index is 12.6. The molecule has 3 heterocycles. The van der Waals surface area contributed by atoms with E-state index in [0.717, 1.165) is 43.0 Å². The molecule has 0 atom stereocenters. The number of primary amides is 1. The highest BCUT2D eigenvalue weighted by Crippen LogP contribution is 2.20. The van der Waals surface area contributed by atoms with Crippen molar-refractivity contribution < 1.29 is 13.6 Å². The number of piperazine rings is 1. The van der Waals surface area contributed by atoms with E-state index >= 15 is 0 Å². The lowest BCUT2D eigenvalue weighted by molar-refractivity contribution is 0.0995. The van der Waals surface area contributed by atoms with Gasteiger partial charge in [-0.15, -0.1) is 0 Å². The topological polar surface area (TPSA) is 108 Å². The van der Waals surface area contributed by atoms with Crippen molar-refractivity contribution in [3.63, 3.8) is 0 Å². The lowest BCUT2D eigenvalue weighted by atomic mass is 10.1. The van der Waals surface area contributed by atoms with E-state index in [1.165, 1.54) is 0 Å². The molecule has 3 aromatic rings. The van der Waals surface area contributed by atoms with Gasteiger partial charge in [-0.1, -0.05) is 6.07 Å². The third kappa shape index (κ3) is 4.75. The number of aromatic nitrogens is 3. The number of benzene rings is 1. The first kappa shape index (κ1) is 21.8. The molecule has 0 saturated carbocycles. The van der Waals surface area contributed by atoms with Gasteiger partial charge in [0.05, 0.1) is 29.3 Å². The molecule has 0 aliphatic carbocycles. The number of alkyl halides is 2. The molecule has 1 fully saturated rings. The highest BCUT2D eigenvalue weighted by Gasteiger charge is 2.19. The van der Waals surface area contributed by atoms with Crippen LogP contribution in [0.4, 0.5) is 14.5 Å². The minimum Gasteiger partial charge on any atom is -0.368 e. The zero-order valence-electron chi connectivity index (χ0n) is 17.6. The minimum absolute atomic E-state index is 0.148. The molecule has 4 rings (SSSR count). The van der Waals surface area contributed by atoms with Gasteiger partial charge in [-0.2, -0.15) is 0 Å². The molecule has 0 radical (unpaired) electrons. The number of nitrogens with two attached hydrogens (primary N) is 1. The van der Waals surface area contributed by atoms with Crippen molar-refractivity contribution in [3.8, 4) is 0 Å². The molecule has 8 nitrogen and oxygen atoms in total. The number of pyridine rings is 1. The fourth-order valence-electron chi connectivity index (χ4n) is 3.97. The van der Waals surface area contributed by atoms with E-state index in [1.807, 2.05) is 25.1 Å². The van der Waals surface area contributed by atoms with E-state index < -0.39 is 24.3 Å². The summed E-state index contributed by atoms with van der Waals surface area (Å²) in [4.78, 5) is 38.9. The molecular weight excluding hydrogens is 418 g/mol. The molecule has 1 aliphatic rings. The molecule has 10 heteroatoms. The zero-order valence-corrected chi connectivity index (χ0v) is 17.6. The standard InChI is InChI=1S/C22H24F2N6O2/c1-13-8-15(11-26-20(13)21(25)31)30-6-4-29(5-7-30)12-14-2-3-16-17(9-14)28-22(32)18(27-16)10-19(23)24/h2-3,8-9,11,19H,4-7,10,12H2,1H3,(H2,25,31)(H,28,32). The smallest absolute Gasteiger partial charge is 0.270 e. The van der Waals surface area contributed by atoms with Gasteiger partial charge < -0.3 is 15.6 Å². The van der Waals surface area contributed by atoms with Crippen molar-refractivity contribution in [2.24, 2.45) is 5.73 Å². The van der Waals surface area contributed by atoms with Crippen LogP contribution in [-0.2, 0) is 13.0 Å². The number of halogens is 2. The number of H-pyrrole nitrogens is 1. The van der Waals surface area contributed by atoms with Gasteiger partial charge in [0.2, 0.25) is 6.43 Å². The van der Waals surface area contributed by atoms with Gasteiger partial charge in [0.25, 0.3) is 11.5 Å². The number of nitrogens with zero attached hydrogens (tertiary/aromatic N) is 4. The lowest BCUT2D eigenvalue weighted by Crippen LogP contribution is -2.46. The Kier molecular flexibility index (Phi) is 6.13. The number of aromatic amines is 1. The average Bonchev–Trinajstić information content (AvgIpc) is 2.74. The molecule has 2 aromatic heterocycles. The number of carbonyl (C=O) groups excluding carboxylic acids is 1. The third-order valence-corrected chi connectivity index (χ3v) is 5.62. The second kappa shape index (κ2) is 8.99. The SMILES string of the molecule is Cc1cc(N2CCN(Cc3ccc4nc(CC(F)F)c(=O)[nH]c4c3)CC2)cnc1C(N)=O. The summed E-state index contributed by atoms with van der Waals surface area (Å²) in [7, 11) is 0. The van der Waals surface area contributed by atoms with Crippen molar-refractivity contribution in [2.45, 2.75) is 26.3 Å². The Morgan fingerprint density at radius 3 is 2.62 bits per heavy atom. The van der Waals surface area contributed by atoms with Gasteiger partial charge in [0.1, 0.15) is 11.4 Å². The van der Waals surface area contributed by atoms with Crippen LogP contribution in [-0.4, -0.2) is 58.4 Å². The Balaban J connectivity index is 1.41. The summed E-state index contributed by atoms with van der Waals surface area (Å²) in [5, 5.41) is 0. The van der Waals surface area contributed by atoms with E-state index in [1.54, 1.807) is 12.3 Å². The second-order valence-corrected chi connectivity index (χ2v) is 7.95. The van der Waals surface area contributed by atoms with Crippen LogP contribution in [0.3, 0.4) is 0 Å². The van der Waals surface area contributed by atoms with Gasteiger partial charge in [-0.3, -0.25) is 14.5 Å². The van der Waals surface area contributed by atoms with E-state index in [2.05, 4.69) is 24.8 Å². The van der Waals surface area contributed by atoms with E-state index in [4.69, 9.17) is 5.73 Å². The number of hydrogen-bond donors (Lipinski definition) is 2. The van der Waals surface area contributed by atoms with E-state index in [-0.39, 0.29) is 11.4 Å². The van der Waals surface area contributed by atoms with Crippen molar-refractivity contribution in [2.75, 3.05) is 31.1 Å². The Morgan fingerprint density at radius 1 is 1.22 bits per heavy atom. The Morgan fingerprint density at radius 2 is 1.97 bits per heavy atom. The molecule has 0 unspecified atom stereocenters. The Hall–Kier alpha value is -3.40. The number of rotatable bonds is 6. The average molecular weight is 442 g/mol. The maximum absolute atomic E-state index is 12.6. The van der Waals surface area contributed by atoms with Gasteiger partial charge in [-0.25, -0.2) is 18.7 Å². The number of aryl methyl sites for hydroxylation is 1. The molecule has 0 bridgehead atoms. The molecule has 1 amide bonds. The van der Waals surface area contributed by atoms with Crippen molar-refractivity contribution in [3.05, 3.63) is 63.3 Å². The first-order valence-corrected chi connectivity index (χ1v) is 10.3. The quantitative estimate of drug-likeness (QED) is 0.603. The third-order valence-electron chi connectivity index (χ3n) is 5.62. The van der Waals surface area contributed by atoms with Crippen LogP contribution < -0.4 is 16.2 Å². The van der Waals surface area contributed by atoms with Crippen LogP contribution in [0.5, 0.6) is 0 Å². The predicted molar refractivity (Wildman–Crippen MR) is 117 cm³/mol. The number of carbonyl (C=O) groups is 1. The lowest BCUT2D eigenvalue weighted by Gasteiger charge is -2.36. The van der Waals surface area contributed by atoms with E-state index in [9.17, 15) is 18.4 Å². The molecule has 3 N–H and O–H groups in total. The first-order valence-electron chi connectivity index (χ1n) is 10.3. The number of hydrogen-bond acceptors (Lipinski definition) is 6. The molecular formula is C22H24F2N6O2. The van der Waals surface area contributed by atoms with Crippen LogP contribution >= 0.6 is 0 Å². The summed E-state index contributed by atoms with van der Waals surface area (Å²) in [5.74, 6) is -0.531. The van der Waals surface area contributed by atoms with Gasteiger partial charge in [-0.05, 0) is 36.2 Å². The molecule has 1 saturated heterocycles. The maximum Gasteiger partial charge on any atom is 0.270 e. The van der Waals surface area contributed by atoms with Crippen LogP contribution in [0.15, 0.2) is 35.3 Å².